The van der Waals surface area contributed by atoms with Crippen molar-refractivity contribution in [2.45, 2.75) is 96.8 Å². The molecule has 3 heteroatoms. The van der Waals surface area contributed by atoms with E-state index in [1.807, 2.05) is 18.2 Å². The van der Waals surface area contributed by atoms with E-state index in [4.69, 9.17) is 4.74 Å². The number of aryl methyl sites for hydroxylation is 1. The first-order chi connectivity index (χ1) is 13.7. The largest absolute Gasteiger partial charge is 0.504 e. The summed E-state index contributed by atoms with van der Waals surface area (Å²) in [5.41, 5.74) is 1.14. The van der Waals surface area contributed by atoms with Crippen LogP contribution in [0.5, 0.6) is 11.5 Å². The van der Waals surface area contributed by atoms with E-state index < -0.39 is 0 Å². The maximum atomic E-state index is 11.9. The second-order valence-electron chi connectivity index (χ2n) is 7.70. The Hall–Kier alpha value is -1.77. The Morgan fingerprint density at radius 3 is 2.25 bits per heavy atom. The van der Waals surface area contributed by atoms with Gasteiger partial charge in [-0.2, -0.15) is 0 Å². The average molecular weight is 389 g/mol. The molecule has 0 heterocycles. The predicted molar refractivity (Wildman–Crippen MR) is 118 cm³/mol. The van der Waals surface area contributed by atoms with Crippen LogP contribution in [0.3, 0.4) is 0 Å². The Balaban J connectivity index is 2.00. The number of ether oxygens (including phenoxy) is 1. The van der Waals surface area contributed by atoms with Crippen molar-refractivity contribution < 1.29 is 14.6 Å². The van der Waals surface area contributed by atoms with E-state index in [0.29, 0.717) is 12.2 Å². The molecule has 0 saturated carbocycles. The summed E-state index contributed by atoms with van der Waals surface area (Å²) in [5, 5.41) is 9.60. The number of phenolic OH excluding ortho intramolecular Hbond substituents is 1. The van der Waals surface area contributed by atoms with E-state index in [9.17, 15) is 9.90 Å². The number of hydrogen-bond donors (Lipinski definition) is 1. The fraction of sp³-hybridized carbons (Fsp3) is 0.640. The molecule has 0 radical (unpaired) electrons. The predicted octanol–water partition coefficient (Wildman–Crippen LogP) is 7.16. The monoisotopic (exact) mass is 388 g/mol. The van der Waals surface area contributed by atoms with Crippen LogP contribution in [0.15, 0.2) is 30.4 Å². The molecular formula is C25H40O3. The molecule has 1 aromatic carbocycles. The van der Waals surface area contributed by atoms with Gasteiger partial charge < -0.3 is 9.84 Å². The number of carbonyl (C=O) groups is 1. The van der Waals surface area contributed by atoms with Crippen LogP contribution in [0.1, 0.15) is 96.0 Å². The maximum absolute atomic E-state index is 11.9. The zero-order valence-electron chi connectivity index (χ0n) is 18.0. The van der Waals surface area contributed by atoms with Gasteiger partial charge in [0, 0.05) is 6.42 Å². The van der Waals surface area contributed by atoms with E-state index in [-0.39, 0.29) is 11.5 Å². The van der Waals surface area contributed by atoms with Crippen molar-refractivity contribution in [3.63, 3.8) is 0 Å². The molecule has 0 unspecified atom stereocenters. The van der Waals surface area contributed by atoms with Crippen LogP contribution >= 0.6 is 0 Å². The quantitative estimate of drug-likeness (QED) is 0.227. The third kappa shape index (κ3) is 11.8. The number of unbranched alkanes of at least 4 members (excludes halogenated alkanes) is 10. The second-order valence-corrected chi connectivity index (χ2v) is 7.70. The molecule has 0 amide bonds. The van der Waals surface area contributed by atoms with E-state index in [2.05, 4.69) is 6.92 Å². The molecule has 0 bridgehead atoms. The molecule has 1 aromatic rings. The minimum Gasteiger partial charge on any atom is -0.504 e. The maximum Gasteiger partial charge on any atom is 0.160 e. The topological polar surface area (TPSA) is 46.5 Å². The smallest absolute Gasteiger partial charge is 0.160 e. The molecule has 0 aliphatic carbocycles. The summed E-state index contributed by atoms with van der Waals surface area (Å²) >= 11 is 0. The number of benzene rings is 1. The van der Waals surface area contributed by atoms with E-state index in [1.165, 1.54) is 57.8 Å². The molecule has 0 aliphatic heterocycles. The first kappa shape index (κ1) is 24.3. The molecule has 1 N–H and O–H groups in total. The second kappa shape index (κ2) is 16.2. The highest BCUT2D eigenvalue weighted by Gasteiger charge is 2.02. The van der Waals surface area contributed by atoms with Crippen molar-refractivity contribution in [3.05, 3.63) is 35.9 Å². The van der Waals surface area contributed by atoms with Crippen molar-refractivity contribution in [2.75, 3.05) is 7.11 Å². The van der Waals surface area contributed by atoms with Crippen LogP contribution in [0.25, 0.3) is 0 Å². The van der Waals surface area contributed by atoms with Gasteiger partial charge >= 0.3 is 0 Å². The van der Waals surface area contributed by atoms with E-state index in [0.717, 1.165) is 31.2 Å². The summed E-state index contributed by atoms with van der Waals surface area (Å²) in [7, 11) is 1.56. The van der Waals surface area contributed by atoms with Gasteiger partial charge in [-0.15, -0.1) is 0 Å². The fourth-order valence-electron chi connectivity index (χ4n) is 3.39. The minimum atomic E-state index is 0.170. The minimum absolute atomic E-state index is 0.170. The molecule has 0 saturated heterocycles. The zero-order valence-corrected chi connectivity index (χ0v) is 18.0. The molecule has 0 atom stereocenters. The van der Waals surface area contributed by atoms with Crippen molar-refractivity contribution in [3.8, 4) is 11.5 Å². The van der Waals surface area contributed by atoms with Crippen LogP contribution in [-0.4, -0.2) is 18.0 Å². The van der Waals surface area contributed by atoms with Crippen LogP contribution in [0.4, 0.5) is 0 Å². The van der Waals surface area contributed by atoms with Crippen molar-refractivity contribution in [2.24, 2.45) is 0 Å². The molecule has 28 heavy (non-hydrogen) atoms. The Labute approximate surface area is 172 Å². The lowest BCUT2D eigenvalue weighted by Crippen LogP contribution is -1.93. The standard InChI is InChI=1S/C25H40O3/c1-3-4-5-6-7-8-9-10-11-14-17-23(26)18-15-12-13-16-22-19-20-24(27)25(21-22)28-2/h15,18-21,27H,3-14,16-17H2,1-2H3. The third-order valence-electron chi connectivity index (χ3n) is 5.16. The fourth-order valence-corrected chi connectivity index (χ4v) is 3.39. The molecule has 0 aromatic heterocycles. The first-order valence-corrected chi connectivity index (χ1v) is 11.2. The highest BCUT2D eigenvalue weighted by atomic mass is 16.5. The lowest BCUT2D eigenvalue weighted by molar-refractivity contribution is -0.114. The van der Waals surface area contributed by atoms with Crippen molar-refractivity contribution >= 4 is 5.78 Å². The van der Waals surface area contributed by atoms with Crippen LogP contribution in [0.2, 0.25) is 0 Å². The highest BCUT2D eigenvalue weighted by molar-refractivity contribution is 5.89. The number of methoxy groups -OCH3 is 1. The average Bonchev–Trinajstić information content (AvgIpc) is 2.70. The molecule has 158 valence electrons. The normalized spacial score (nSPS) is 11.2. The Morgan fingerprint density at radius 1 is 0.964 bits per heavy atom. The van der Waals surface area contributed by atoms with E-state index >= 15 is 0 Å². The van der Waals surface area contributed by atoms with E-state index in [1.54, 1.807) is 19.3 Å². The van der Waals surface area contributed by atoms with Gasteiger partial charge in [0.05, 0.1) is 7.11 Å². The number of carbonyl (C=O) groups excluding carboxylic acids is 1. The third-order valence-corrected chi connectivity index (χ3v) is 5.16. The Kier molecular flexibility index (Phi) is 14.0. The van der Waals surface area contributed by atoms with Crippen LogP contribution in [0, 0.1) is 0 Å². The summed E-state index contributed by atoms with van der Waals surface area (Å²) in [6.45, 7) is 2.26. The molecule has 0 fully saturated rings. The van der Waals surface area contributed by atoms with Gasteiger partial charge in [-0.3, -0.25) is 4.79 Å². The molecular weight excluding hydrogens is 348 g/mol. The van der Waals surface area contributed by atoms with Crippen LogP contribution in [-0.2, 0) is 11.2 Å². The lowest BCUT2D eigenvalue weighted by atomic mass is 10.0. The molecule has 1 rings (SSSR count). The summed E-state index contributed by atoms with van der Waals surface area (Å²) < 4.78 is 5.12. The van der Waals surface area contributed by atoms with Gasteiger partial charge in [0.2, 0.25) is 0 Å². The highest BCUT2D eigenvalue weighted by Crippen LogP contribution is 2.26. The summed E-state index contributed by atoms with van der Waals surface area (Å²) in [4.78, 5) is 11.9. The lowest BCUT2D eigenvalue weighted by Gasteiger charge is -2.06. The number of rotatable bonds is 17. The van der Waals surface area contributed by atoms with Crippen molar-refractivity contribution in [1.82, 2.24) is 0 Å². The summed E-state index contributed by atoms with van der Waals surface area (Å²) in [6, 6.07) is 5.45. The number of ketones is 1. The first-order valence-electron chi connectivity index (χ1n) is 11.2. The van der Waals surface area contributed by atoms with Gasteiger partial charge in [-0.25, -0.2) is 0 Å². The number of hydrogen-bond acceptors (Lipinski definition) is 3. The summed E-state index contributed by atoms with van der Waals surface area (Å²) in [5.74, 6) is 0.939. The molecule has 0 spiro atoms. The van der Waals surface area contributed by atoms with Gasteiger partial charge in [-0.1, -0.05) is 76.9 Å². The SMILES string of the molecule is CCCCCCCCCCCCC(=O)C=CCCCc1ccc(O)c(OC)c1. The van der Waals surface area contributed by atoms with Gasteiger partial charge in [0.1, 0.15) is 0 Å². The van der Waals surface area contributed by atoms with Gasteiger partial charge in [0.25, 0.3) is 0 Å². The van der Waals surface area contributed by atoms with Crippen molar-refractivity contribution in [1.29, 1.82) is 0 Å². The van der Waals surface area contributed by atoms with Crippen LogP contribution < -0.4 is 4.74 Å². The van der Waals surface area contributed by atoms with Gasteiger partial charge in [-0.05, 0) is 49.5 Å². The number of allylic oxidation sites excluding steroid dienone is 2. The van der Waals surface area contributed by atoms with Gasteiger partial charge in [0.15, 0.2) is 17.3 Å². The number of aromatic hydroxyl groups is 1. The Morgan fingerprint density at radius 2 is 1.61 bits per heavy atom. The molecule has 3 nitrogen and oxygen atoms in total. The summed E-state index contributed by atoms with van der Waals surface area (Å²) in [6.07, 6.45) is 20.2. The molecule has 0 aliphatic rings. The Bertz CT molecular complexity index is 563. The number of phenols is 1. The zero-order chi connectivity index (χ0) is 20.5.